The van der Waals surface area contributed by atoms with Crippen molar-refractivity contribution < 1.29 is 60.0 Å². The SMILES string of the molecule is COC(=O)C(C(=O)C(C)(C)C)C(C)(C(=O)CC(C)=O)C(C(=O)OC)C(=O)C(C)(C)C.[Ti]. The average Bonchev–Trinajstić information content (AvgIpc) is 2.58. The fourth-order valence-corrected chi connectivity index (χ4v) is 3.26. The van der Waals surface area contributed by atoms with Gasteiger partial charge >= 0.3 is 11.9 Å². The summed E-state index contributed by atoms with van der Waals surface area (Å²) in [6.45, 7) is 11.6. The number of rotatable bonds is 9. The van der Waals surface area contributed by atoms with Gasteiger partial charge in [-0.1, -0.05) is 48.5 Å². The molecule has 0 saturated heterocycles. The molecule has 0 spiro atoms. The summed E-state index contributed by atoms with van der Waals surface area (Å²) < 4.78 is 9.60. The van der Waals surface area contributed by atoms with E-state index in [0.29, 0.717) is 0 Å². The molecule has 0 rings (SSSR count). The first kappa shape index (κ1) is 31.5. The molecule has 8 nitrogen and oxygen atoms in total. The molecule has 0 aliphatic carbocycles. The average molecular weight is 474 g/mol. The predicted octanol–water partition coefficient (Wildman–Crippen LogP) is 2.35. The first-order valence-electron chi connectivity index (χ1n) is 9.64. The molecule has 0 aromatic heterocycles. The molecule has 0 fully saturated rings. The van der Waals surface area contributed by atoms with E-state index in [0.717, 1.165) is 21.1 Å². The standard InChI is InChI=1S/C22H34O8.Ti/c1-12(23)11-13(24)22(8,14(18(27)29-9)16(25)20(2,3)4)15(19(28)30-10)17(26)21(5,6)7;/h14-15H,11H2,1-10H3;. The van der Waals surface area contributed by atoms with Crippen LogP contribution >= 0.6 is 0 Å². The largest absolute Gasteiger partial charge is 0.468 e. The molecular weight excluding hydrogens is 440 g/mol. The monoisotopic (exact) mass is 474 g/mol. The molecule has 0 aliphatic rings. The van der Waals surface area contributed by atoms with Crippen LogP contribution < -0.4 is 0 Å². The maximum atomic E-state index is 13.3. The number of hydrogen-bond donors (Lipinski definition) is 0. The second-order valence-corrected chi connectivity index (χ2v) is 9.73. The van der Waals surface area contributed by atoms with Gasteiger partial charge in [0.2, 0.25) is 0 Å². The van der Waals surface area contributed by atoms with E-state index in [1.807, 2.05) is 0 Å². The first-order valence-corrected chi connectivity index (χ1v) is 9.64. The van der Waals surface area contributed by atoms with Crippen LogP contribution in [-0.4, -0.2) is 49.3 Å². The fraction of sp³-hybridized carbons (Fsp3) is 0.727. The topological polar surface area (TPSA) is 121 Å². The summed E-state index contributed by atoms with van der Waals surface area (Å²) in [5.41, 5.74) is -4.40. The summed E-state index contributed by atoms with van der Waals surface area (Å²) in [5, 5.41) is 0. The normalized spacial score (nSPS) is 15.4. The molecule has 0 aromatic carbocycles. The van der Waals surface area contributed by atoms with Crippen LogP contribution in [-0.2, 0) is 60.0 Å². The Hall–Kier alpha value is -1.67. The molecule has 2 unspecified atom stereocenters. The van der Waals surface area contributed by atoms with Gasteiger partial charge in [-0.15, -0.1) is 0 Å². The van der Waals surface area contributed by atoms with Gasteiger partial charge in [0.05, 0.1) is 26.1 Å². The quantitative estimate of drug-likeness (QED) is 0.284. The number of carbonyl (C=O) groups excluding carboxylic acids is 6. The third-order valence-electron chi connectivity index (χ3n) is 5.09. The van der Waals surface area contributed by atoms with Gasteiger partial charge in [-0.2, -0.15) is 0 Å². The molecule has 31 heavy (non-hydrogen) atoms. The zero-order valence-electron chi connectivity index (χ0n) is 20.1. The molecule has 0 aliphatic heterocycles. The second kappa shape index (κ2) is 11.3. The van der Waals surface area contributed by atoms with Crippen molar-refractivity contribution in [2.45, 2.75) is 61.8 Å². The number of ether oxygens (including phenoxy) is 2. The van der Waals surface area contributed by atoms with E-state index >= 15 is 0 Å². The number of Topliss-reactive ketones (excluding diaryl/α,β-unsaturated/α-hetero) is 4. The minimum Gasteiger partial charge on any atom is -0.468 e. The molecule has 0 heterocycles. The summed E-state index contributed by atoms with van der Waals surface area (Å²) in [6.07, 6.45) is -0.660. The van der Waals surface area contributed by atoms with E-state index < -0.39 is 69.6 Å². The Balaban J connectivity index is 0. The van der Waals surface area contributed by atoms with Gasteiger partial charge in [0.1, 0.15) is 23.4 Å². The Morgan fingerprint density at radius 1 is 0.677 bits per heavy atom. The van der Waals surface area contributed by atoms with E-state index in [9.17, 15) is 28.8 Å². The maximum absolute atomic E-state index is 13.3. The van der Waals surface area contributed by atoms with Crippen molar-refractivity contribution in [2.24, 2.45) is 28.1 Å². The van der Waals surface area contributed by atoms with Crippen molar-refractivity contribution in [3.8, 4) is 0 Å². The maximum Gasteiger partial charge on any atom is 0.317 e. The fourth-order valence-electron chi connectivity index (χ4n) is 3.26. The number of esters is 2. The van der Waals surface area contributed by atoms with Gasteiger partial charge in [0.25, 0.3) is 0 Å². The Labute approximate surface area is 199 Å². The summed E-state index contributed by atoms with van der Waals surface area (Å²) in [7, 11) is 2.08. The van der Waals surface area contributed by atoms with E-state index in [1.54, 1.807) is 41.5 Å². The van der Waals surface area contributed by atoms with E-state index in [2.05, 4.69) is 0 Å². The summed E-state index contributed by atoms with van der Waals surface area (Å²) in [6, 6.07) is 0. The van der Waals surface area contributed by atoms with Crippen LogP contribution in [0.15, 0.2) is 0 Å². The Bertz CT molecular complexity index is 694. The molecular formula is C22H34O8Ti. The van der Waals surface area contributed by atoms with Crippen molar-refractivity contribution in [1.29, 1.82) is 0 Å². The summed E-state index contributed by atoms with van der Waals surface area (Å²) in [5.74, 6) is -8.50. The van der Waals surface area contributed by atoms with Crippen LogP contribution in [0, 0.1) is 28.1 Å². The molecule has 174 valence electrons. The number of ketones is 4. The molecule has 0 amide bonds. The van der Waals surface area contributed by atoms with Gasteiger partial charge in [-0.05, 0) is 6.92 Å². The molecule has 0 N–H and O–H groups in total. The molecule has 2 atom stereocenters. The van der Waals surface area contributed by atoms with Gasteiger partial charge < -0.3 is 9.47 Å². The number of carbonyl (C=O) groups is 6. The van der Waals surface area contributed by atoms with Crippen LogP contribution in [0.1, 0.15) is 61.8 Å². The van der Waals surface area contributed by atoms with Crippen LogP contribution in [0.25, 0.3) is 0 Å². The Morgan fingerprint density at radius 2 is 0.968 bits per heavy atom. The van der Waals surface area contributed by atoms with Gasteiger partial charge in [-0.25, -0.2) is 0 Å². The third-order valence-corrected chi connectivity index (χ3v) is 5.09. The zero-order chi connectivity index (χ0) is 24.2. The zero-order valence-corrected chi connectivity index (χ0v) is 21.7. The molecule has 0 bridgehead atoms. The van der Waals surface area contributed by atoms with Crippen molar-refractivity contribution in [1.82, 2.24) is 0 Å². The smallest absolute Gasteiger partial charge is 0.317 e. The molecule has 0 saturated carbocycles. The Kier molecular flexibility index (Phi) is 11.5. The third kappa shape index (κ3) is 7.17. The van der Waals surface area contributed by atoms with E-state index in [4.69, 9.17) is 9.47 Å². The van der Waals surface area contributed by atoms with Gasteiger partial charge in [-0.3, -0.25) is 28.8 Å². The Morgan fingerprint density at radius 3 is 1.16 bits per heavy atom. The number of methoxy groups -OCH3 is 2. The molecule has 0 aromatic rings. The van der Waals surface area contributed by atoms with Crippen LogP contribution in [0.4, 0.5) is 0 Å². The van der Waals surface area contributed by atoms with Crippen molar-refractivity contribution in [2.75, 3.05) is 14.2 Å². The molecule has 9 heteroatoms. The molecule has 0 radical (unpaired) electrons. The predicted molar refractivity (Wildman–Crippen MR) is 108 cm³/mol. The minimum atomic E-state index is -2.18. The van der Waals surface area contributed by atoms with E-state index in [-0.39, 0.29) is 21.7 Å². The van der Waals surface area contributed by atoms with Crippen LogP contribution in [0.2, 0.25) is 0 Å². The number of hydrogen-bond acceptors (Lipinski definition) is 8. The second-order valence-electron chi connectivity index (χ2n) is 9.73. The van der Waals surface area contributed by atoms with Crippen molar-refractivity contribution >= 4 is 35.1 Å². The minimum absolute atomic E-state index is 0. The summed E-state index contributed by atoms with van der Waals surface area (Å²) in [4.78, 5) is 77.2. The van der Waals surface area contributed by atoms with Crippen molar-refractivity contribution in [3.63, 3.8) is 0 Å². The van der Waals surface area contributed by atoms with Crippen LogP contribution in [0.5, 0.6) is 0 Å². The van der Waals surface area contributed by atoms with Gasteiger partial charge in [0, 0.05) is 32.5 Å². The summed E-state index contributed by atoms with van der Waals surface area (Å²) >= 11 is 0. The van der Waals surface area contributed by atoms with Crippen LogP contribution in [0.3, 0.4) is 0 Å². The van der Waals surface area contributed by atoms with Crippen molar-refractivity contribution in [3.05, 3.63) is 0 Å². The first-order chi connectivity index (χ1) is 13.4. The van der Waals surface area contributed by atoms with Gasteiger partial charge in [0.15, 0.2) is 11.6 Å². The van der Waals surface area contributed by atoms with E-state index in [1.165, 1.54) is 6.92 Å².